The highest BCUT2D eigenvalue weighted by molar-refractivity contribution is 7.89. The number of nitrogens with zero attached hydrogens (tertiary/aromatic N) is 1. The van der Waals surface area contributed by atoms with Crippen LogP contribution in [0.1, 0.15) is 19.8 Å². The lowest BCUT2D eigenvalue weighted by molar-refractivity contribution is -0.126. The van der Waals surface area contributed by atoms with Crippen LogP contribution < -0.4 is 10.6 Å². The van der Waals surface area contributed by atoms with Gasteiger partial charge in [-0.25, -0.2) is 17.2 Å². The maximum absolute atomic E-state index is 13.8. The second-order valence-corrected chi connectivity index (χ2v) is 7.80. The Hall–Kier alpha value is -1.58. The van der Waals surface area contributed by atoms with Gasteiger partial charge in [-0.3, -0.25) is 4.79 Å². The van der Waals surface area contributed by atoms with E-state index < -0.39 is 26.6 Å². The second-order valence-electron chi connectivity index (χ2n) is 5.90. The Kier molecular flexibility index (Phi) is 6.86. The minimum absolute atomic E-state index is 0.101. The zero-order valence-corrected chi connectivity index (χ0v) is 14.9. The molecule has 1 aliphatic heterocycles. The van der Waals surface area contributed by atoms with Gasteiger partial charge in [0.25, 0.3) is 0 Å². The molecule has 0 bridgehead atoms. The summed E-state index contributed by atoms with van der Waals surface area (Å²) in [7, 11) is -4.11. The monoisotopic (exact) mass is 375 g/mol. The van der Waals surface area contributed by atoms with Gasteiger partial charge in [-0.15, -0.1) is 0 Å². The van der Waals surface area contributed by atoms with Crippen molar-refractivity contribution < 1.29 is 22.0 Å². The molecule has 0 spiro atoms. The van der Waals surface area contributed by atoms with Gasteiger partial charge in [0.15, 0.2) is 0 Å². The number of carbonyl (C=O) groups is 1. The number of hydrogen-bond acceptors (Lipinski definition) is 4. The minimum atomic E-state index is -4.11. The molecule has 25 heavy (non-hydrogen) atoms. The van der Waals surface area contributed by atoms with Crippen LogP contribution in [0.3, 0.4) is 0 Å². The molecule has 1 aromatic carbocycles. The van der Waals surface area contributed by atoms with Crippen molar-refractivity contribution in [3.05, 3.63) is 29.8 Å². The average molecular weight is 375 g/mol. The number of halogens is 2. The Morgan fingerprint density at radius 3 is 2.56 bits per heavy atom. The van der Waals surface area contributed by atoms with E-state index in [4.69, 9.17) is 0 Å². The molecular weight excluding hydrogens is 352 g/mol. The van der Waals surface area contributed by atoms with Crippen molar-refractivity contribution >= 4 is 15.9 Å². The lowest BCUT2D eigenvalue weighted by atomic mass is 9.97. The Balaban J connectivity index is 1.95. The highest BCUT2D eigenvalue weighted by Gasteiger charge is 2.33. The highest BCUT2D eigenvalue weighted by atomic mass is 32.2. The molecule has 0 aliphatic carbocycles. The number of sulfonamides is 1. The molecule has 0 radical (unpaired) electrons. The molecule has 1 heterocycles. The maximum atomic E-state index is 13.8. The summed E-state index contributed by atoms with van der Waals surface area (Å²) in [4.78, 5) is 11.4. The Labute approximate surface area is 146 Å². The van der Waals surface area contributed by atoms with Gasteiger partial charge < -0.3 is 10.6 Å². The van der Waals surface area contributed by atoms with E-state index in [-0.39, 0.29) is 24.9 Å². The van der Waals surface area contributed by atoms with Crippen LogP contribution >= 0.6 is 0 Å². The number of likely N-dealkylation sites (N-methyl/N-ethyl adjacent to an activating group) is 1. The number of carbonyl (C=O) groups excluding carboxylic acids is 1. The predicted molar refractivity (Wildman–Crippen MR) is 89.4 cm³/mol. The predicted octanol–water partition coefficient (Wildman–Crippen LogP) is 1.09. The minimum Gasteiger partial charge on any atom is -0.355 e. The van der Waals surface area contributed by atoms with E-state index in [1.807, 2.05) is 6.92 Å². The van der Waals surface area contributed by atoms with Gasteiger partial charge in [-0.1, -0.05) is 6.92 Å². The summed E-state index contributed by atoms with van der Waals surface area (Å²) in [6.45, 7) is 4.18. The van der Waals surface area contributed by atoms with E-state index in [1.54, 1.807) is 0 Å². The number of piperidine rings is 1. The van der Waals surface area contributed by atoms with Crippen LogP contribution in [-0.4, -0.2) is 51.4 Å². The van der Waals surface area contributed by atoms with Gasteiger partial charge in [0.1, 0.15) is 16.5 Å². The first-order chi connectivity index (χ1) is 11.9. The molecule has 6 nitrogen and oxygen atoms in total. The van der Waals surface area contributed by atoms with Crippen molar-refractivity contribution in [1.29, 1.82) is 0 Å². The lowest BCUT2D eigenvalue weighted by Crippen LogP contribution is -2.44. The van der Waals surface area contributed by atoms with Crippen LogP contribution in [0.5, 0.6) is 0 Å². The summed E-state index contributed by atoms with van der Waals surface area (Å²) in [5, 5.41) is 5.90. The summed E-state index contributed by atoms with van der Waals surface area (Å²) in [6, 6.07) is 2.36. The lowest BCUT2D eigenvalue weighted by Gasteiger charge is -2.30. The number of rotatable bonds is 7. The summed E-state index contributed by atoms with van der Waals surface area (Å²) >= 11 is 0. The fourth-order valence-corrected chi connectivity index (χ4v) is 4.31. The summed E-state index contributed by atoms with van der Waals surface area (Å²) in [5.41, 5.74) is 0. The second kappa shape index (κ2) is 8.68. The molecular formula is C16H23F2N3O3S. The number of benzene rings is 1. The van der Waals surface area contributed by atoms with E-state index in [0.717, 1.165) is 23.0 Å². The van der Waals surface area contributed by atoms with E-state index >= 15 is 0 Å². The molecule has 0 unspecified atom stereocenters. The van der Waals surface area contributed by atoms with Gasteiger partial charge in [0.05, 0.1) is 0 Å². The molecule has 1 aromatic rings. The molecule has 1 saturated heterocycles. The van der Waals surface area contributed by atoms with E-state index in [2.05, 4.69) is 10.6 Å². The molecule has 1 amide bonds. The number of amides is 1. The Morgan fingerprint density at radius 2 is 1.92 bits per heavy atom. The largest absolute Gasteiger partial charge is 0.355 e. The SMILES string of the molecule is CCNCCNC(=O)C1CCN(S(=O)(=O)c2cc(F)ccc2F)CC1. The summed E-state index contributed by atoms with van der Waals surface area (Å²) in [6.07, 6.45) is 0.701. The first-order valence-electron chi connectivity index (χ1n) is 8.30. The molecule has 2 N–H and O–H groups in total. The molecule has 0 saturated carbocycles. The van der Waals surface area contributed by atoms with Crippen molar-refractivity contribution in [3.8, 4) is 0 Å². The summed E-state index contributed by atoms with van der Waals surface area (Å²) in [5.74, 6) is -2.17. The number of hydrogen-bond donors (Lipinski definition) is 2. The maximum Gasteiger partial charge on any atom is 0.246 e. The molecule has 1 fully saturated rings. The highest BCUT2D eigenvalue weighted by Crippen LogP contribution is 2.26. The van der Waals surface area contributed by atoms with Crippen LogP contribution in [0, 0.1) is 17.6 Å². The smallest absolute Gasteiger partial charge is 0.246 e. The third kappa shape index (κ3) is 4.96. The third-order valence-electron chi connectivity index (χ3n) is 4.19. The standard InChI is InChI=1S/C16H23F2N3O3S/c1-2-19-7-8-20-16(22)12-5-9-21(10-6-12)25(23,24)15-11-13(17)3-4-14(15)18/h3-4,11-12,19H,2,5-10H2,1H3,(H,20,22). The zero-order chi connectivity index (χ0) is 18.4. The topological polar surface area (TPSA) is 78.5 Å². The van der Waals surface area contributed by atoms with E-state index in [9.17, 15) is 22.0 Å². The normalized spacial score (nSPS) is 16.8. The molecule has 0 aromatic heterocycles. The number of nitrogens with one attached hydrogen (secondary N) is 2. The fraction of sp³-hybridized carbons (Fsp3) is 0.562. The first kappa shape index (κ1) is 19.7. The van der Waals surface area contributed by atoms with Crippen molar-refractivity contribution in [2.24, 2.45) is 5.92 Å². The molecule has 1 aliphatic rings. The fourth-order valence-electron chi connectivity index (χ4n) is 2.77. The third-order valence-corrected chi connectivity index (χ3v) is 6.10. The van der Waals surface area contributed by atoms with Gasteiger partial charge in [-0.2, -0.15) is 4.31 Å². The van der Waals surface area contributed by atoms with Crippen molar-refractivity contribution in [3.63, 3.8) is 0 Å². The van der Waals surface area contributed by atoms with Crippen molar-refractivity contribution in [2.75, 3.05) is 32.7 Å². The molecule has 140 valence electrons. The summed E-state index contributed by atoms with van der Waals surface area (Å²) < 4.78 is 53.1. The quantitative estimate of drug-likeness (QED) is 0.700. The molecule has 9 heteroatoms. The van der Waals surface area contributed by atoms with Gasteiger partial charge in [-0.05, 0) is 37.6 Å². The van der Waals surface area contributed by atoms with Crippen LogP contribution in [0.4, 0.5) is 8.78 Å². The van der Waals surface area contributed by atoms with Crippen LogP contribution in [0.25, 0.3) is 0 Å². The van der Waals surface area contributed by atoms with Crippen LogP contribution in [-0.2, 0) is 14.8 Å². The van der Waals surface area contributed by atoms with Crippen molar-refractivity contribution in [1.82, 2.24) is 14.9 Å². The van der Waals surface area contributed by atoms with E-state index in [0.29, 0.717) is 32.0 Å². The van der Waals surface area contributed by atoms with Gasteiger partial charge >= 0.3 is 0 Å². The van der Waals surface area contributed by atoms with Crippen molar-refractivity contribution in [2.45, 2.75) is 24.7 Å². The first-order valence-corrected chi connectivity index (χ1v) is 9.74. The van der Waals surface area contributed by atoms with Crippen LogP contribution in [0.15, 0.2) is 23.1 Å². The zero-order valence-electron chi connectivity index (χ0n) is 14.1. The average Bonchev–Trinajstić information content (AvgIpc) is 2.60. The molecule has 2 rings (SSSR count). The van der Waals surface area contributed by atoms with Crippen LogP contribution in [0.2, 0.25) is 0 Å². The Bertz CT molecular complexity index is 705. The van der Waals surface area contributed by atoms with Gasteiger partial charge in [0.2, 0.25) is 15.9 Å². The van der Waals surface area contributed by atoms with E-state index in [1.165, 1.54) is 0 Å². The Morgan fingerprint density at radius 1 is 1.24 bits per heavy atom. The van der Waals surface area contributed by atoms with Gasteiger partial charge in [0, 0.05) is 32.1 Å². The molecule has 0 atom stereocenters.